The first-order valence-corrected chi connectivity index (χ1v) is 7.00. The normalized spacial score (nSPS) is 13.8. The van der Waals surface area contributed by atoms with Gasteiger partial charge in [0.25, 0.3) is 0 Å². The molecular weight excluding hydrogens is 256 g/mol. The van der Waals surface area contributed by atoms with Crippen LogP contribution in [-0.4, -0.2) is 30.7 Å². The topological polar surface area (TPSA) is 55.8 Å². The minimum atomic E-state index is -0.627. The number of benzene rings is 1. The average Bonchev–Trinajstić information content (AvgIpc) is 2.50. The number of hydrogen-bond donors (Lipinski definition) is 1. The highest BCUT2D eigenvalue weighted by atomic mass is 16.5. The third-order valence-electron chi connectivity index (χ3n) is 3.42. The first-order valence-electron chi connectivity index (χ1n) is 7.00. The van der Waals surface area contributed by atoms with Crippen molar-refractivity contribution in [3.63, 3.8) is 0 Å². The number of ether oxygens (including phenoxy) is 2. The maximum absolute atomic E-state index is 11.5. The molecule has 1 N–H and O–H groups in total. The average molecular weight is 280 g/mol. The van der Waals surface area contributed by atoms with Crippen molar-refractivity contribution in [2.45, 2.75) is 39.4 Å². The van der Waals surface area contributed by atoms with Gasteiger partial charge >= 0.3 is 0 Å². The van der Waals surface area contributed by atoms with Crippen LogP contribution in [0.2, 0.25) is 0 Å². The predicted molar refractivity (Wildman–Crippen MR) is 77.7 cm³/mol. The lowest BCUT2D eigenvalue weighted by Gasteiger charge is -2.17. The molecule has 20 heavy (non-hydrogen) atoms. The largest absolute Gasteiger partial charge is 0.497 e. The molecule has 0 saturated heterocycles. The number of hydrogen-bond acceptors (Lipinski definition) is 4. The summed E-state index contributed by atoms with van der Waals surface area (Å²) in [4.78, 5) is 11.5. The molecule has 2 atom stereocenters. The van der Waals surface area contributed by atoms with Crippen LogP contribution in [0.1, 0.15) is 32.3 Å². The van der Waals surface area contributed by atoms with Gasteiger partial charge in [-0.25, -0.2) is 0 Å². The van der Waals surface area contributed by atoms with Gasteiger partial charge in [0.15, 0.2) is 0 Å². The Balaban J connectivity index is 2.25. The highest BCUT2D eigenvalue weighted by Crippen LogP contribution is 2.13. The van der Waals surface area contributed by atoms with Crippen LogP contribution in [0.15, 0.2) is 24.3 Å². The summed E-state index contributed by atoms with van der Waals surface area (Å²) in [6.45, 7) is 4.51. The summed E-state index contributed by atoms with van der Waals surface area (Å²) in [5.41, 5.74) is 1.05. The third kappa shape index (κ3) is 5.31. The molecule has 1 aromatic carbocycles. The predicted octanol–water partition coefficient (Wildman–Crippen LogP) is 2.58. The maximum Gasteiger partial charge on any atom is 0.138 e. The van der Waals surface area contributed by atoms with E-state index in [9.17, 15) is 9.90 Å². The van der Waals surface area contributed by atoms with Crippen LogP contribution in [0, 0.1) is 5.92 Å². The van der Waals surface area contributed by atoms with Crippen molar-refractivity contribution >= 4 is 5.78 Å². The van der Waals surface area contributed by atoms with Gasteiger partial charge in [0.1, 0.15) is 11.5 Å². The molecule has 0 heterocycles. The molecule has 0 aliphatic carbocycles. The van der Waals surface area contributed by atoms with Crippen molar-refractivity contribution in [1.29, 1.82) is 0 Å². The van der Waals surface area contributed by atoms with Crippen molar-refractivity contribution in [2.75, 3.05) is 13.7 Å². The molecule has 1 aromatic rings. The number of carbonyl (C=O) groups excluding carboxylic acids is 1. The Morgan fingerprint density at radius 3 is 2.50 bits per heavy atom. The van der Waals surface area contributed by atoms with E-state index >= 15 is 0 Å². The van der Waals surface area contributed by atoms with E-state index in [0.29, 0.717) is 26.1 Å². The second-order valence-corrected chi connectivity index (χ2v) is 4.87. The number of aliphatic hydroxyl groups is 1. The van der Waals surface area contributed by atoms with Crippen LogP contribution < -0.4 is 4.74 Å². The number of ketones is 1. The van der Waals surface area contributed by atoms with Gasteiger partial charge in [0, 0.05) is 18.9 Å². The molecule has 0 amide bonds. The summed E-state index contributed by atoms with van der Waals surface area (Å²) >= 11 is 0. The Hall–Kier alpha value is -1.39. The molecule has 0 fully saturated rings. The summed E-state index contributed by atoms with van der Waals surface area (Å²) in [6.07, 6.45) is 0.312. The third-order valence-corrected chi connectivity index (χ3v) is 3.42. The van der Waals surface area contributed by atoms with Crippen molar-refractivity contribution in [3.8, 4) is 5.75 Å². The smallest absolute Gasteiger partial charge is 0.138 e. The van der Waals surface area contributed by atoms with Gasteiger partial charge in [-0.2, -0.15) is 0 Å². The number of methoxy groups -OCH3 is 1. The molecule has 0 radical (unpaired) electrons. The van der Waals surface area contributed by atoms with Crippen LogP contribution in [0.25, 0.3) is 0 Å². The van der Waals surface area contributed by atoms with Crippen LogP contribution in [0.3, 0.4) is 0 Å². The molecule has 0 saturated carbocycles. The summed E-state index contributed by atoms with van der Waals surface area (Å²) in [6, 6.07) is 7.65. The summed E-state index contributed by atoms with van der Waals surface area (Å²) < 4.78 is 10.6. The van der Waals surface area contributed by atoms with Gasteiger partial charge in [-0.1, -0.05) is 26.0 Å². The van der Waals surface area contributed by atoms with Gasteiger partial charge in [0.2, 0.25) is 0 Å². The van der Waals surface area contributed by atoms with Gasteiger partial charge in [-0.3, -0.25) is 4.79 Å². The number of carbonyl (C=O) groups is 1. The SMILES string of the molecule is CCC(=O)[C@@H](C)[C@H](O)CCOCc1ccc(OC)cc1. The van der Waals surface area contributed by atoms with Crippen LogP contribution in [0.4, 0.5) is 0 Å². The molecule has 0 unspecified atom stereocenters. The van der Waals surface area contributed by atoms with E-state index < -0.39 is 6.10 Å². The van der Waals surface area contributed by atoms with Gasteiger partial charge < -0.3 is 14.6 Å². The van der Waals surface area contributed by atoms with Crippen LogP contribution >= 0.6 is 0 Å². The lowest BCUT2D eigenvalue weighted by Crippen LogP contribution is -2.26. The maximum atomic E-state index is 11.5. The highest BCUT2D eigenvalue weighted by Gasteiger charge is 2.19. The minimum Gasteiger partial charge on any atom is -0.497 e. The second-order valence-electron chi connectivity index (χ2n) is 4.87. The first kappa shape index (κ1) is 16.7. The fourth-order valence-corrected chi connectivity index (χ4v) is 1.90. The molecule has 0 bridgehead atoms. The van der Waals surface area contributed by atoms with Crippen molar-refractivity contribution in [3.05, 3.63) is 29.8 Å². The zero-order chi connectivity index (χ0) is 15.0. The zero-order valence-electron chi connectivity index (χ0n) is 12.5. The molecule has 4 nitrogen and oxygen atoms in total. The van der Waals surface area contributed by atoms with Crippen molar-refractivity contribution in [1.82, 2.24) is 0 Å². The van der Waals surface area contributed by atoms with E-state index in [4.69, 9.17) is 9.47 Å². The first-order chi connectivity index (χ1) is 9.58. The van der Waals surface area contributed by atoms with Crippen molar-refractivity contribution < 1.29 is 19.4 Å². The van der Waals surface area contributed by atoms with E-state index in [1.165, 1.54) is 0 Å². The summed E-state index contributed by atoms with van der Waals surface area (Å²) in [5.74, 6) is 0.591. The monoisotopic (exact) mass is 280 g/mol. The number of aliphatic hydroxyl groups excluding tert-OH is 1. The second kappa shape index (κ2) is 8.72. The summed E-state index contributed by atoms with van der Waals surface area (Å²) in [7, 11) is 1.63. The zero-order valence-corrected chi connectivity index (χ0v) is 12.5. The van der Waals surface area contributed by atoms with Gasteiger partial charge in [-0.05, 0) is 24.1 Å². The highest BCUT2D eigenvalue weighted by molar-refractivity contribution is 5.80. The van der Waals surface area contributed by atoms with E-state index in [-0.39, 0.29) is 11.7 Å². The standard InChI is InChI=1S/C16H24O4/c1-4-15(17)12(2)16(18)9-10-20-11-13-5-7-14(19-3)8-6-13/h5-8,12,16,18H,4,9-11H2,1-3H3/t12-,16-/m1/s1. The quantitative estimate of drug-likeness (QED) is 0.706. The van der Waals surface area contributed by atoms with E-state index in [0.717, 1.165) is 11.3 Å². The Morgan fingerprint density at radius 1 is 1.30 bits per heavy atom. The number of Topliss-reactive ketones (excluding diaryl/α,β-unsaturated/α-hetero) is 1. The molecule has 112 valence electrons. The lowest BCUT2D eigenvalue weighted by atomic mass is 9.96. The van der Waals surface area contributed by atoms with E-state index in [1.54, 1.807) is 14.0 Å². The molecule has 0 aliphatic rings. The van der Waals surface area contributed by atoms with Gasteiger partial charge in [-0.15, -0.1) is 0 Å². The fraction of sp³-hybridized carbons (Fsp3) is 0.562. The lowest BCUT2D eigenvalue weighted by molar-refractivity contribution is -0.125. The Morgan fingerprint density at radius 2 is 1.95 bits per heavy atom. The fourth-order valence-electron chi connectivity index (χ4n) is 1.90. The Kier molecular flexibility index (Phi) is 7.26. The Bertz CT molecular complexity index is 399. The van der Waals surface area contributed by atoms with E-state index in [2.05, 4.69) is 0 Å². The summed E-state index contributed by atoms with van der Waals surface area (Å²) in [5, 5.41) is 9.87. The molecule has 0 spiro atoms. The van der Waals surface area contributed by atoms with Crippen LogP contribution in [-0.2, 0) is 16.1 Å². The van der Waals surface area contributed by atoms with Crippen molar-refractivity contribution in [2.24, 2.45) is 5.92 Å². The van der Waals surface area contributed by atoms with E-state index in [1.807, 2.05) is 31.2 Å². The van der Waals surface area contributed by atoms with Gasteiger partial charge in [0.05, 0.1) is 19.8 Å². The molecule has 0 aromatic heterocycles. The minimum absolute atomic E-state index is 0.0904. The molecule has 0 aliphatic heterocycles. The molecule has 4 heteroatoms. The molecular formula is C16H24O4. The van der Waals surface area contributed by atoms with Crippen LogP contribution in [0.5, 0.6) is 5.75 Å². The number of rotatable bonds is 9. The molecule has 1 rings (SSSR count). The Labute approximate surface area is 120 Å².